The number of urea groups is 1. The molecule has 4 aromatic rings. The fourth-order valence-corrected chi connectivity index (χ4v) is 7.04. The predicted octanol–water partition coefficient (Wildman–Crippen LogP) is 7.01. The zero-order chi connectivity index (χ0) is 27.1. The summed E-state index contributed by atoms with van der Waals surface area (Å²) < 4.78 is 36.2. The van der Waals surface area contributed by atoms with Gasteiger partial charge < -0.3 is 19.5 Å². The van der Waals surface area contributed by atoms with Crippen LogP contribution in [0.2, 0.25) is 0 Å². The van der Waals surface area contributed by atoms with Crippen molar-refractivity contribution in [2.45, 2.75) is 45.2 Å². The monoisotopic (exact) mass is 547 g/mol. The van der Waals surface area contributed by atoms with Crippen molar-refractivity contribution in [2.75, 3.05) is 11.9 Å². The summed E-state index contributed by atoms with van der Waals surface area (Å²) >= 11 is 1.73. The Labute approximate surface area is 228 Å². The molecule has 2 amide bonds. The fraction of sp³-hybridized carbons (Fsp3) is 0.267. The summed E-state index contributed by atoms with van der Waals surface area (Å²) in [5.74, 6) is -1.98. The molecule has 0 fully saturated rings. The third-order valence-corrected chi connectivity index (χ3v) is 8.64. The number of esters is 1. The maximum absolute atomic E-state index is 14.5. The van der Waals surface area contributed by atoms with E-state index in [2.05, 4.69) is 5.32 Å². The highest BCUT2D eigenvalue weighted by Crippen LogP contribution is 2.44. The summed E-state index contributed by atoms with van der Waals surface area (Å²) in [4.78, 5) is 29.6. The molecule has 6 nitrogen and oxygen atoms in total. The van der Waals surface area contributed by atoms with Crippen LogP contribution >= 0.6 is 11.3 Å². The van der Waals surface area contributed by atoms with Gasteiger partial charge in [0.05, 0.1) is 30.1 Å². The van der Waals surface area contributed by atoms with Gasteiger partial charge in [0.1, 0.15) is 22.7 Å². The Bertz CT molecular complexity index is 1560. The molecule has 6 rings (SSSR count). The molecular formula is C30H27F2N3O3S. The van der Waals surface area contributed by atoms with Crippen LogP contribution in [0.3, 0.4) is 0 Å². The molecular weight excluding hydrogens is 520 g/mol. The Morgan fingerprint density at radius 1 is 1.03 bits per heavy atom. The molecule has 0 saturated carbocycles. The first-order valence-corrected chi connectivity index (χ1v) is 13.9. The number of amides is 2. The Kier molecular flexibility index (Phi) is 6.68. The second-order valence-electron chi connectivity index (χ2n) is 9.73. The smallest absolute Gasteiger partial charge is 0.340 e. The highest BCUT2D eigenvalue weighted by molar-refractivity contribution is 7.15. The zero-order valence-corrected chi connectivity index (χ0v) is 22.2. The number of anilines is 1. The van der Waals surface area contributed by atoms with E-state index < -0.39 is 29.7 Å². The molecule has 1 unspecified atom stereocenters. The second kappa shape index (κ2) is 10.3. The average molecular weight is 548 g/mol. The van der Waals surface area contributed by atoms with Gasteiger partial charge >= 0.3 is 12.0 Å². The largest absolute Gasteiger partial charge is 0.462 e. The van der Waals surface area contributed by atoms with Crippen LogP contribution in [0.1, 0.15) is 63.4 Å². The molecule has 39 heavy (non-hydrogen) atoms. The number of nitrogens with zero attached hydrogens (tertiary/aromatic N) is 2. The lowest BCUT2D eigenvalue weighted by molar-refractivity contribution is 0.0527. The standard InChI is InChI=1S/C30H27F2N3O3S/c1-2-38-29(36)22-9-3-5-10-24(22)33-30(37)35-17-23-21-8-4-6-12-26(21)39-28(23)34-13-7-11-25(34)27(35)18-14-19(31)16-20(32)15-18/h3,5,7,9-11,13-16,27H,2,4,6,8,12,17H2,1H3,(H,33,37). The minimum Gasteiger partial charge on any atom is -0.462 e. The number of benzene rings is 2. The van der Waals surface area contributed by atoms with Crippen LogP contribution < -0.4 is 5.32 Å². The quantitative estimate of drug-likeness (QED) is 0.280. The molecule has 0 radical (unpaired) electrons. The Balaban J connectivity index is 1.49. The van der Waals surface area contributed by atoms with E-state index in [0.29, 0.717) is 11.3 Å². The number of aromatic nitrogens is 1. The van der Waals surface area contributed by atoms with Crippen molar-refractivity contribution >= 4 is 29.0 Å². The van der Waals surface area contributed by atoms with E-state index in [1.54, 1.807) is 47.4 Å². The molecule has 200 valence electrons. The number of halogens is 2. The minimum atomic E-state index is -0.779. The maximum Gasteiger partial charge on any atom is 0.340 e. The summed E-state index contributed by atoms with van der Waals surface area (Å²) in [5.41, 5.74) is 3.90. The molecule has 2 aromatic heterocycles. The van der Waals surface area contributed by atoms with Crippen LogP contribution in [0, 0.1) is 11.6 Å². The van der Waals surface area contributed by atoms with Crippen molar-refractivity contribution in [1.29, 1.82) is 0 Å². The lowest BCUT2D eigenvalue weighted by Gasteiger charge is -2.31. The lowest BCUT2D eigenvalue weighted by atomic mass is 9.95. The van der Waals surface area contributed by atoms with Gasteiger partial charge in [-0.2, -0.15) is 0 Å². The van der Waals surface area contributed by atoms with Crippen LogP contribution in [0.25, 0.3) is 5.00 Å². The number of hydrogen-bond donors (Lipinski definition) is 1. The third kappa shape index (κ3) is 4.61. The maximum atomic E-state index is 14.5. The van der Waals surface area contributed by atoms with Crippen molar-refractivity contribution in [3.05, 3.63) is 105 Å². The summed E-state index contributed by atoms with van der Waals surface area (Å²) in [6, 6.07) is 12.5. The topological polar surface area (TPSA) is 63.6 Å². The van der Waals surface area contributed by atoms with Gasteiger partial charge in [0.25, 0.3) is 0 Å². The van der Waals surface area contributed by atoms with E-state index in [9.17, 15) is 18.4 Å². The van der Waals surface area contributed by atoms with Gasteiger partial charge in [-0.05, 0) is 80.1 Å². The molecule has 2 aliphatic rings. The van der Waals surface area contributed by atoms with E-state index >= 15 is 0 Å². The number of para-hydroxylation sites is 1. The van der Waals surface area contributed by atoms with Gasteiger partial charge in [0.2, 0.25) is 0 Å². The molecule has 0 spiro atoms. The first-order valence-electron chi connectivity index (χ1n) is 13.1. The summed E-state index contributed by atoms with van der Waals surface area (Å²) in [7, 11) is 0. The SMILES string of the molecule is CCOC(=O)c1ccccc1NC(=O)N1Cc2c(sc3c2CCCC3)-n2cccc2C1c1cc(F)cc(F)c1. The lowest BCUT2D eigenvalue weighted by Crippen LogP contribution is -2.38. The van der Waals surface area contributed by atoms with E-state index in [1.807, 2.05) is 22.9 Å². The van der Waals surface area contributed by atoms with Crippen LogP contribution in [0.15, 0.2) is 60.8 Å². The van der Waals surface area contributed by atoms with Crippen molar-refractivity contribution in [1.82, 2.24) is 9.47 Å². The number of carbonyl (C=O) groups excluding carboxylic acids is 2. The predicted molar refractivity (Wildman–Crippen MR) is 145 cm³/mol. The molecule has 1 N–H and O–H groups in total. The summed E-state index contributed by atoms with van der Waals surface area (Å²) in [6.07, 6.45) is 6.08. The van der Waals surface area contributed by atoms with Crippen LogP contribution in [-0.4, -0.2) is 28.1 Å². The number of hydrogen-bond acceptors (Lipinski definition) is 4. The van der Waals surface area contributed by atoms with Gasteiger partial charge in [0, 0.05) is 22.7 Å². The normalized spacial score (nSPS) is 16.1. The van der Waals surface area contributed by atoms with Gasteiger partial charge in [-0.15, -0.1) is 11.3 Å². The number of aryl methyl sites for hydroxylation is 1. The first kappa shape index (κ1) is 25.3. The molecule has 1 aliphatic heterocycles. The van der Waals surface area contributed by atoms with Crippen LogP contribution in [0.5, 0.6) is 0 Å². The van der Waals surface area contributed by atoms with E-state index in [1.165, 1.54) is 22.6 Å². The molecule has 1 aliphatic carbocycles. The number of thiophene rings is 1. The average Bonchev–Trinajstić information content (AvgIpc) is 3.50. The van der Waals surface area contributed by atoms with E-state index in [4.69, 9.17) is 4.74 Å². The second-order valence-corrected chi connectivity index (χ2v) is 10.8. The van der Waals surface area contributed by atoms with Crippen molar-refractivity contribution < 1.29 is 23.1 Å². The Morgan fingerprint density at radius 2 is 1.79 bits per heavy atom. The van der Waals surface area contributed by atoms with Crippen molar-refractivity contribution in [2.24, 2.45) is 0 Å². The Morgan fingerprint density at radius 3 is 2.59 bits per heavy atom. The number of rotatable bonds is 4. The summed E-state index contributed by atoms with van der Waals surface area (Å²) in [5, 5.41) is 3.93. The van der Waals surface area contributed by atoms with Gasteiger partial charge in [-0.25, -0.2) is 18.4 Å². The number of fused-ring (bicyclic) bond motifs is 5. The van der Waals surface area contributed by atoms with E-state index in [0.717, 1.165) is 48.0 Å². The first-order chi connectivity index (χ1) is 18.9. The number of carbonyl (C=O) groups is 2. The highest BCUT2D eigenvalue weighted by Gasteiger charge is 2.36. The molecule has 1 atom stereocenters. The molecule has 0 bridgehead atoms. The fourth-order valence-electron chi connectivity index (χ4n) is 5.64. The van der Waals surface area contributed by atoms with Gasteiger partial charge in [-0.1, -0.05) is 12.1 Å². The molecule has 2 aromatic carbocycles. The third-order valence-electron chi connectivity index (χ3n) is 7.30. The van der Waals surface area contributed by atoms with Crippen LogP contribution in [-0.2, 0) is 24.1 Å². The molecule has 3 heterocycles. The minimum absolute atomic E-state index is 0.198. The Hall–Kier alpha value is -3.98. The highest BCUT2D eigenvalue weighted by atomic mass is 32.1. The summed E-state index contributed by atoms with van der Waals surface area (Å²) in [6.45, 7) is 2.16. The number of ether oxygens (including phenoxy) is 1. The van der Waals surface area contributed by atoms with E-state index in [-0.39, 0.29) is 18.7 Å². The van der Waals surface area contributed by atoms with Crippen LogP contribution in [0.4, 0.5) is 19.3 Å². The van der Waals surface area contributed by atoms with Gasteiger partial charge in [-0.3, -0.25) is 0 Å². The van der Waals surface area contributed by atoms with Crippen molar-refractivity contribution in [3.63, 3.8) is 0 Å². The van der Waals surface area contributed by atoms with Gasteiger partial charge in [0.15, 0.2) is 0 Å². The number of nitrogens with one attached hydrogen (secondary N) is 1. The van der Waals surface area contributed by atoms with Crippen molar-refractivity contribution in [3.8, 4) is 5.00 Å². The molecule has 9 heteroatoms. The zero-order valence-electron chi connectivity index (χ0n) is 21.4. The molecule has 0 saturated heterocycles.